The van der Waals surface area contributed by atoms with Crippen molar-refractivity contribution in [2.45, 2.75) is 19.8 Å². The zero-order chi connectivity index (χ0) is 8.97. The molecule has 0 bridgehead atoms. The number of carboxylic acid groups (broad SMARTS) is 1. The van der Waals surface area contributed by atoms with Crippen molar-refractivity contribution in [3.63, 3.8) is 0 Å². The van der Waals surface area contributed by atoms with Gasteiger partial charge >= 0.3 is 0 Å². The van der Waals surface area contributed by atoms with E-state index in [2.05, 4.69) is 0 Å². The van der Waals surface area contributed by atoms with E-state index in [0.29, 0.717) is 5.56 Å². The molecule has 0 aliphatic rings. The minimum absolute atomic E-state index is 0.319. The van der Waals surface area contributed by atoms with Crippen molar-refractivity contribution in [2.24, 2.45) is 0 Å². The molecule has 2 nitrogen and oxygen atoms in total. The lowest BCUT2D eigenvalue weighted by molar-refractivity contribution is -0.255. The SMILES string of the molecule is CCCc1ccccc1C(=O)[O-]. The minimum Gasteiger partial charge on any atom is -0.545 e. The number of carboxylic acids is 1. The summed E-state index contributed by atoms with van der Waals surface area (Å²) in [4.78, 5) is 10.6. The second-order valence-corrected chi connectivity index (χ2v) is 2.69. The normalized spacial score (nSPS) is 9.75. The fourth-order valence-corrected chi connectivity index (χ4v) is 1.21. The van der Waals surface area contributed by atoms with Crippen molar-refractivity contribution in [3.05, 3.63) is 35.4 Å². The summed E-state index contributed by atoms with van der Waals surface area (Å²) in [6.07, 6.45) is 1.74. The molecule has 0 unspecified atom stereocenters. The molecule has 1 aromatic carbocycles. The topological polar surface area (TPSA) is 40.1 Å². The maximum absolute atomic E-state index is 10.6. The lowest BCUT2D eigenvalue weighted by atomic mass is 10.0. The van der Waals surface area contributed by atoms with Crippen LogP contribution < -0.4 is 5.11 Å². The monoisotopic (exact) mass is 163 g/mol. The Hall–Kier alpha value is -1.31. The number of aromatic carboxylic acids is 1. The largest absolute Gasteiger partial charge is 0.545 e. The van der Waals surface area contributed by atoms with Crippen LogP contribution in [-0.2, 0) is 6.42 Å². The van der Waals surface area contributed by atoms with Gasteiger partial charge in [-0.25, -0.2) is 0 Å². The summed E-state index contributed by atoms with van der Waals surface area (Å²) >= 11 is 0. The van der Waals surface area contributed by atoms with Crippen molar-refractivity contribution in [1.82, 2.24) is 0 Å². The molecule has 1 rings (SSSR count). The summed E-state index contributed by atoms with van der Waals surface area (Å²) in [5, 5.41) is 10.6. The van der Waals surface area contributed by atoms with E-state index in [4.69, 9.17) is 0 Å². The third kappa shape index (κ3) is 1.84. The highest BCUT2D eigenvalue weighted by Gasteiger charge is 1.99. The van der Waals surface area contributed by atoms with Crippen LogP contribution in [0.2, 0.25) is 0 Å². The molecule has 0 atom stereocenters. The molecule has 0 aliphatic carbocycles. The van der Waals surface area contributed by atoms with Crippen LogP contribution in [0.1, 0.15) is 29.3 Å². The Morgan fingerprint density at radius 2 is 2.08 bits per heavy atom. The van der Waals surface area contributed by atoms with Gasteiger partial charge in [0.05, 0.1) is 5.97 Å². The third-order valence-corrected chi connectivity index (χ3v) is 1.76. The summed E-state index contributed by atoms with van der Waals surface area (Å²) in [5.74, 6) is -1.08. The second-order valence-electron chi connectivity index (χ2n) is 2.69. The minimum atomic E-state index is -1.08. The Kier molecular flexibility index (Phi) is 2.86. The zero-order valence-corrected chi connectivity index (χ0v) is 7.04. The molecule has 0 N–H and O–H groups in total. The van der Waals surface area contributed by atoms with Gasteiger partial charge in [-0.1, -0.05) is 37.6 Å². The van der Waals surface area contributed by atoms with Gasteiger partial charge in [0, 0.05) is 5.56 Å². The van der Waals surface area contributed by atoms with E-state index in [1.54, 1.807) is 12.1 Å². The van der Waals surface area contributed by atoms with Gasteiger partial charge in [0.15, 0.2) is 0 Å². The summed E-state index contributed by atoms with van der Waals surface area (Å²) in [7, 11) is 0. The lowest BCUT2D eigenvalue weighted by Crippen LogP contribution is -2.23. The zero-order valence-electron chi connectivity index (χ0n) is 7.04. The molecule has 0 radical (unpaired) electrons. The average molecular weight is 163 g/mol. The van der Waals surface area contributed by atoms with E-state index >= 15 is 0 Å². The van der Waals surface area contributed by atoms with Gasteiger partial charge in [-0.15, -0.1) is 0 Å². The molecule has 0 aliphatic heterocycles. The summed E-state index contributed by atoms with van der Waals surface area (Å²) < 4.78 is 0. The standard InChI is InChI=1S/C10H12O2/c1-2-5-8-6-3-4-7-9(8)10(11)12/h3-4,6-7H,2,5H2,1H3,(H,11,12)/p-1. The number of carbonyl (C=O) groups excluding carboxylic acids is 1. The Bertz CT molecular complexity index is 279. The highest BCUT2D eigenvalue weighted by Crippen LogP contribution is 2.09. The second kappa shape index (κ2) is 3.90. The number of carbonyl (C=O) groups is 1. The highest BCUT2D eigenvalue weighted by molar-refractivity contribution is 5.87. The van der Waals surface area contributed by atoms with Crippen LogP contribution in [-0.4, -0.2) is 5.97 Å². The van der Waals surface area contributed by atoms with Gasteiger partial charge in [0.25, 0.3) is 0 Å². The fraction of sp³-hybridized carbons (Fsp3) is 0.300. The number of benzene rings is 1. The van der Waals surface area contributed by atoms with Gasteiger partial charge in [0.2, 0.25) is 0 Å². The predicted octanol–water partition coefficient (Wildman–Crippen LogP) is 1.00. The van der Waals surface area contributed by atoms with E-state index in [1.807, 2.05) is 19.1 Å². The maximum Gasteiger partial charge on any atom is 0.0718 e. The van der Waals surface area contributed by atoms with Crippen LogP contribution in [0, 0.1) is 0 Å². The average Bonchev–Trinajstić information content (AvgIpc) is 2.05. The molecule has 0 spiro atoms. The van der Waals surface area contributed by atoms with Crippen LogP contribution in [0.3, 0.4) is 0 Å². The van der Waals surface area contributed by atoms with Crippen molar-refractivity contribution < 1.29 is 9.90 Å². The van der Waals surface area contributed by atoms with E-state index in [1.165, 1.54) is 0 Å². The molecule has 2 heteroatoms. The molecule has 0 saturated heterocycles. The molecule has 0 heterocycles. The first-order chi connectivity index (χ1) is 5.75. The Balaban J connectivity index is 3.00. The first kappa shape index (κ1) is 8.78. The Labute approximate surface area is 71.8 Å². The molecular weight excluding hydrogens is 152 g/mol. The van der Waals surface area contributed by atoms with Crippen molar-refractivity contribution in [2.75, 3.05) is 0 Å². The van der Waals surface area contributed by atoms with Gasteiger partial charge in [-0.2, -0.15) is 0 Å². The highest BCUT2D eigenvalue weighted by atomic mass is 16.4. The van der Waals surface area contributed by atoms with Crippen LogP contribution >= 0.6 is 0 Å². The van der Waals surface area contributed by atoms with Gasteiger partial charge in [0.1, 0.15) is 0 Å². The first-order valence-corrected chi connectivity index (χ1v) is 4.05. The molecule has 0 fully saturated rings. The summed E-state index contributed by atoms with van der Waals surface area (Å²) in [6, 6.07) is 6.97. The van der Waals surface area contributed by atoms with E-state index in [9.17, 15) is 9.90 Å². The van der Waals surface area contributed by atoms with E-state index < -0.39 is 5.97 Å². The van der Waals surface area contributed by atoms with E-state index in [0.717, 1.165) is 18.4 Å². The number of hydrogen-bond acceptors (Lipinski definition) is 2. The van der Waals surface area contributed by atoms with Crippen molar-refractivity contribution in [1.29, 1.82) is 0 Å². The predicted molar refractivity (Wildman–Crippen MR) is 44.8 cm³/mol. The van der Waals surface area contributed by atoms with Gasteiger partial charge in [-0.3, -0.25) is 0 Å². The van der Waals surface area contributed by atoms with Crippen LogP contribution in [0.4, 0.5) is 0 Å². The number of aryl methyl sites for hydroxylation is 1. The van der Waals surface area contributed by atoms with Crippen LogP contribution in [0.15, 0.2) is 24.3 Å². The lowest BCUT2D eigenvalue weighted by Gasteiger charge is -2.08. The quantitative estimate of drug-likeness (QED) is 0.667. The number of hydrogen-bond donors (Lipinski definition) is 0. The van der Waals surface area contributed by atoms with Crippen LogP contribution in [0.25, 0.3) is 0 Å². The van der Waals surface area contributed by atoms with Gasteiger partial charge in [-0.05, 0) is 12.0 Å². The third-order valence-electron chi connectivity index (χ3n) is 1.76. The van der Waals surface area contributed by atoms with Crippen LogP contribution in [0.5, 0.6) is 0 Å². The number of rotatable bonds is 3. The molecule has 0 saturated carbocycles. The van der Waals surface area contributed by atoms with Crippen molar-refractivity contribution in [3.8, 4) is 0 Å². The molecule has 0 aromatic heterocycles. The maximum atomic E-state index is 10.6. The molecular formula is C10H11O2-. The van der Waals surface area contributed by atoms with Crippen molar-refractivity contribution >= 4 is 5.97 Å². The molecule has 0 amide bonds. The first-order valence-electron chi connectivity index (χ1n) is 4.05. The Morgan fingerprint density at radius 1 is 1.42 bits per heavy atom. The fourth-order valence-electron chi connectivity index (χ4n) is 1.21. The molecule has 1 aromatic rings. The van der Waals surface area contributed by atoms with Gasteiger partial charge < -0.3 is 9.90 Å². The molecule has 12 heavy (non-hydrogen) atoms. The molecule has 64 valence electrons. The smallest absolute Gasteiger partial charge is 0.0718 e. The summed E-state index contributed by atoms with van der Waals surface area (Å²) in [5.41, 5.74) is 1.18. The Morgan fingerprint density at radius 3 is 2.67 bits per heavy atom. The van der Waals surface area contributed by atoms with E-state index in [-0.39, 0.29) is 0 Å². The summed E-state index contributed by atoms with van der Waals surface area (Å²) in [6.45, 7) is 2.02.